The first kappa shape index (κ1) is 31.0. The Morgan fingerprint density at radius 2 is 1.51 bits per heavy atom. The summed E-state index contributed by atoms with van der Waals surface area (Å²) in [4.78, 5) is 12.1. The Kier molecular flexibility index (Phi) is 9.94. The highest BCUT2D eigenvalue weighted by atomic mass is 32.2. The molecule has 1 unspecified atom stereocenters. The van der Waals surface area contributed by atoms with E-state index in [-0.39, 0.29) is 24.1 Å². The molecule has 0 spiro atoms. The van der Waals surface area contributed by atoms with E-state index in [4.69, 9.17) is 14.2 Å². The molecule has 0 aromatic heterocycles. The molecule has 6 rings (SSSR count). The van der Waals surface area contributed by atoms with Crippen LogP contribution in [0, 0.1) is 11.7 Å². The molecule has 1 atom stereocenters. The van der Waals surface area contributed by atoms with Gasteiger partial charge in [-0.25, -0.2) is 4.39 Å². The van der Waals surface area contributed by atoms with Crippen molar-refractivity contribution in [2.45, 2.75) is 51.0 Å². The summed E-state index contributed by atoms with van der Waals surface area (Å²) in [5, 5.41) is 0. The number of fused-ring (bicyclic) bond motifs is 3. The van der Waals surface area contributed by atoms with Crippen molar-refractivity contribution in [3.05, 3.63) is 119 Å². The van der Waals surface area contributed by atoms with Crippen LogP contribution in [0.2, 0.25) is 0 Å². The van der Waals surface area contributed by atoms with Crippen molar-refractivity contribution in [2.75, 3.05) is 25.2 Å². The number of methoxy groups -OCH3 is 1. The summed E-state index contributed by atoms with van der Waals surface area (Å²) in [6.45, 7) is 1.12. The lowest BCUT2D eigenvalue weighted by atomic mass is 9.88. The number of halogens is 1. The van der Waals surface area contributed by atoms with E-state index in [1.807, 2.05) is 24.3 Å². The second kappa shape index (κ2) is 14.4. The second-order valence-corrected chi connectivity index (χ2v) is 13.7. The molecule has 1 heterocycles. The van der Waals surface area contributed by atoms with E-state index in [1.54, 1.807) is 12.1 Å². The lowest BCUT2D eigenvalue weighted by Gasteiger charge is -2.22. The largest absolute Gasteiger partial charge is 0.493 e. The SMILES string of the molecule is COC(=O)CC(c1ccc(F)cc1)c1ccc(OCc2ccc3c(c2)-c2ccc(OCC4CCS(=O)CC4)cc2CCC3)cc1. The minimum Gasteiger partial charge on any atom is -0.493 e. The molecule has 0 radical (unpaired) electrons. The number of carbonyl (C=O) groups excluding carboxylic acids is 1. The third kappa shape index (κ3) is 7.82. The van der Waals surface area contributed by atoms with E-state index in [9.17, 15) is 13.4 Å². The number of carbonyl (C=O) groups is 1. The Labute approximate surface area is 267 Å². The van der Waals surface area contributed by atoms with E-state index >= 15 is 0 Å². The first-order chi connectivity index (χ1) is 21.9. The van der Waals surface area contributed by atoms with Crippen LogP contribution < -0.4 is 9.47 Å². The van der Waals surface area contributed by atoms with Crippen molar-refractivity contribution >= 4 is 16.8 Å². The smallest absolute Gasteiger partial charge is 0.306 e. The van der Waals surface area contributed by atoms with Gasteiger partial charge in [0.25, 0.3) is 0 Å². The molecule has 0 N–H and O–H groups in total. The molecule has 4 aromatic rings. The molecular weight excluding hydrogens is 587 g/mol. The lowest BCUT2D eigenvalue weighted by Crippen LogP contribution is -2.23. The Bertz CT molecular complexity index is 1640. The summed E-state index contributed by atoms with van der Waals surface area (Å²) in [5.74, 6) is 2.83. The summed E-state index contributed by atoms with van der Waals surface area (Å²) >= 11 is 0. The van der Waals surface area contributed by atoms with E-state index < -0.39 is 10.8 Å². The minimum atomic E-state index is -0.649. The molecule has 5 nitrogen and oxygen atoms in total. The highest BCUT2D eigenvalue weighted by molar-refractivity contribution is 7.85. The number of rotatable bonds is 10. The quantitative estimate of drug-likeness (QED) is 0.168. The normalized spacial score (nSPS) is 18.2. The highest BCUT2D eigenvalue weighted by Gasteiger charge is 2.21. The fourth-order valence-electron chi connectivity index (χ4n) is 6.34. The van der Waals surface area contributed by atoms with Crippen molar-refractivity contribution in [1.82, 2.24) is 0 Å². The van der Waals surface area contributed by atoms with Gasteiger partial charge in [-0.2, -0.15) is 0 Å². The maximum atomic E-state index is 13.5. The molecule has 2 aliphatic rings. The highest BCUT2D eigenvalue weighted by Crippen LogP contribution is 2.36. The van der Waals surface area contributed by atoms with Crippen molar-refractivity contribution in [1.29, 1.82) is 0 Å². The zero-order valence-corrected chi connectivity index (χ0v) is 26.5. The van der Waals surface area contributed by atoms with Gasteiger partial charge in [0.2, 0.25) is 0 Å². The van der Waals surface area contributed by atoms with Crippen molar-refractivity contribution in [2.24, 2.45) is 5.92 Å². The number of hydrogen-bond acceptors (Lipinski definition) is 5. The summed E-state index contributed by atoms with van der Waals surface area (Å²) in [5.41, 5.74) is 8.05. The van der Waals surface area contributed by atoms with Crippen LogP contribution in [-0.2, 0) is 39.8 Å². The zero-order chi connectivity index (χ0) is 31.2. The average Bonchev–Trinajstić information content (AvgIpc) is 3.25. The van der Waals surface area contributed by atoms with E-state index in [0.717, 1.165) is 71.8 Å². The van der Waals surface area contributed by atoms with Gasteiger partial charge in [0, 0.05) is 28.2 Å². The molecular formula is C38H39FO5S. The van der Waals surface area contributed by atoms with Crippen LogP contribution in [0.15, 0.2) is 84.9 Å². The molecule has 1 fully saturated rings. The second-order valence-electron chi connectivity index (χ2n) is 12.0. The fourth-order valence-corrected chi connectivity index (χ4v) is 7.74. The van der Waals surface area contributed by atoms with Crippen LogP contribution in [0.1, 0.15) is 59.4 Å². The van der Waals surface area contributed by atoms with Crippen LogP contribution in [0.3, 0.4) is 0 Å². The summed E-state index contributed by atoms with van der Waals surface area (Å²) in [6, 6.07) is 27.1. The Morgan fingerprint density at radius 3 is 2.24 bits per heavy atom. The van der Waals surface area contributed by atoms with Crippen molar-refractivity contribution in [3.8, 4) is 22.6 Å². The summed E-state index contributed by atoms with van der Waals surface area (Å²) in [6.07, 6.45) is 5.25. The maximum absolute atomic E-state index is 13.5. The molecule has 1 aliphatic carbocycles. The summed E-state index contributed by atoms with van der Waals surface area (Å²) < 4.78 is 42.5. The zero-order valence-electron chi connectivity index (χ0n) is 25.6. The third-order valence-electron chi connectivity index (χ3n) is 8.99. The molecule has 0 amide bonds. The number of hydrogen-bond donors (Lipinski definition) is 0. The number of ether oxygens (including phenoxy) is 3. The van der Waals surface area contributed by atoms with Gasteiger partial charge in [-0.05, 0) is 119 Å². The standard InChI is InChI=1S/C38H39FO5S/c1-42-38(40)23-36(29-7-11-32(39)12-8-29)30-9-13-33(14-10-30)43-25-27-5-6-28-3-2-4-31-22-34(15-16-35(31)37(28)21-27)44-24-26-17-19-45(41)20-18-26/h5-16,21-22,26,36H,2-4,17-20,23-25H2,1H3. The van der Waals surface area contributed by atoms with Crippen LogP contribution >= 0.6 is 0 Å². The minimum absolute atomic E-state index is 0.163. The van der Waals surface area contributed by atoms with Crippen molar-refractivity contribution < 1.29 is 27.6 Å². The van der Waals surface area contributed by atoms with Crippen LogP contribution in [-0.4, -0.2) is 35.4 Å². The number of aryl methyl sites for hydroxylation is 2. The lowest BCUT2D eigenvalue weighted by molar-refractivity contribution is -0.140. The van der Waals surface area contributed by atoms with Gasteiger partial charge in [-0.15, -0.1) is 0 Å². The third-order valence-corrected chi connectivity index (χ3v) is 10.4. The van der Waals surface area contributed by atoms with Gasteiger partial charge < -0.3 is 14.2 Å². The van der Waals surface area contributed by atoms with E-state index in [1.165, 1.54) is 41.5 Å². The first-order valence-corrected chi connectivity index (χ1v) is 17.2. The van der Waals surface area contributed by atoms with Crippen molar-refractivity contribution in [3.63, 3.8) is 0 Å². The van der Waals surface area contributed by atoms with E-state index in [0.29, 0.717) is 19.1 Å². The van der Waals surface area contributed by atoms with Crippen LogP contribution in [0.4, 0.5) is 4.39 Å². The van der Waals surface area contributed by atoms with E-state index in [2.05, 4.69) is 36.4 Å². The molecule has 1 aliphatic heterocycles. The molecule has 0 saturated carbocycles. The van der Waals surface area contributed by atoms with Gasteiger partial charge in [0.15, 0.2) is 0 Å². The maximum Gasteiger partial charge on any atom is 0.306 e. The molecule has 0 bridgehead atoms. The molecule has 4 aromatic carbocycles. The Hall–Kier alpha value is -3.97. The predicted molar refractivity (Wildman–Crippen MR) is 176 cm³/mol. The molecule has 45 heavy (non-hydrogen) atoms. The van der Waals surface area contributed by atoms with Gasteiger partial charge in [-0.1, -0.05) is 42.5 Å². The molecule has 234 valence electrons. The van der Waals surface area contributed by atoms with Gasteiger partial charge >= 0.3 is 5.97 Å². The van der Waals surface area contributed by atoms with Crippen LogP contribution in [0.25, 0.3) is 11.1 Å². The topological polar surface area (TPSA) is 61.8 Å². The number of benzene rings is 4. The van der Waals surface area contributed by atoms with Crippen LogP contribution in [0.5, 0.6) is 11.5 Å². The van der Waals surface area contributed by atoms with Gasteiger partial charge in [0.05, 0.1) is 20.1 Å². The fraction of sp³-hybridized carbons (Fsp3) is 0.342. The molecule has 1 saturated heterocycles. The average molecular weight is 627 g/mol. The monoisotopic (exact) mass is 626 g/mol. The summed E-state index contributed by atoms with van der Waals surface area (Å²) in [7, 11) is 0.725. The Morgan fingerprint density at radius 1 is 0.822 bits per heavy atom. The number of esters is 1. The Balaban J connectivity index is 1.13. The van der Waals surface area contributed by atoms with Gasteiger partial charge in [0.1, 0.15) is 23.9 Å². The first-order valence-electron chi connectivity index (χ1n) is 15.7. The molecule has 7 heteroatoms. The van der Waals surface area contributed by atoms with Gasteiger partial charge in [-0.3, -0.25) is 9.00 Å². The predicted octanol–water partition coefficient (Wildman–Crippen LogP) is 7.79.